The highest BCUT2D eigenvalue weighted by Crippen LogP contribution is 2.80. The minimum Gasteiger partial charge on any atom is -0.455 e. The Morgan fingerprint density at radius 1 is 1.04 bits per heavy atom. The number of hydrogen-bond acceptors (Lipinski definition) is 11. The van der Waals surface area contributed by atoms with Gasteiger partial charge in [-0.3, -0.25) is 9.59 Å². The number of aliphatic hydroxyl groups is 2. The van der Waals surface area contributed by atoms with Crippen molar-refractivity contribution in [3.05, 3.63) is 35.9 Å². The van der Waals surface area contributed by atoms with Gasteiger partial charge in [0.15, 0.2) is 5.60 Å². The molecule has 1 heterocycles. The molecule has 45 heavy (non-hydrogen) atoms. The van der Waals surface area contributed by atoms with Crippen LogP contribution in [0.1, 0.15) is 36.5 Å². The van der Waals surface area contributed by atoms with Crippen molar-refractivity contribution in [2.24, 2.45) is 34.5 Å². The number of carbonyl (C=O) groups is 3. The highest BCUT2D eigenvalue weighted by atomic mass is 16.6. The number of rotatable bonds is 9. The second-order valence-electron chi connectivity index (χ2n) is 14.1. The maximum absolute atomic E-state index is 13.7. The van der Waals surface area contributed by atoms with E-state index in [4.69, 9.17) is 28.4 Å². The van der Waals surface area contributed by atoms with E-state index in [1.54, 1.807) is 56.6 Å². The van der Waals surface area contributed by atoms with Crippen molar-refractivity contribution >= 4 is 18.3 Å². The topological polar surface area (TPSA) is 150 Å². The van der Waals surface area contributed by atoms with Gasteiger partial charge in [-0.15, -0.1) is 0 Å². The monoisotopic (exact) mass is 629 g/mol. The van der Waals surface area contributed by atoms with E-state index < -0.39 is 82.2 Å². The van der Waals surface area contributed by atoms with Gasteiger partial charge in [0.2, 0.25) is 6.41 Å². The molecule has 1 spiro atoms. The smallest absolute Gasteiger partial charge is 0.338 e. The van der Waals surface area contributed by atoms with Crippen LogP contribution in [0.3, 0.4) is 0 Å². The Labute approximate surface area is 262 Å². The Kier molecular flexibility index (Phi) is 7.20. The number of amides is 1. The normalized spacial score (nSPS) is 48.6. The lowest BCUT2D eigenvalue weighted by Crippen LogP contribution is -2.80. The molecule has 7 bridgehead atoms. The molecular weight excluding hydrogens is 586 g/mol. The number of ether oxygens (including phenoxy) is 6. The average Bonchev–Trinajstić information content (AvgIpc) is 3.40. The van der Waals surface area contributed by atoms with Crippen molar-refractivity contribution < 1.29 is 53.0 Å². The summed E-state index contributed by atoms with van der Waals surface area (Å²) >= 11 is 0. The van der Waals surface area contributed by atoms with Gasteiger partial charge in [-0.2, -0.15) is 0 Å². The fourth-order valence-corrected chi connectivity index (χ4v) is 12.1. The molecule has 5 aliphatic carbocycles. The van der Waals surface area contributed by atoms with Gasteiger partial charge < -0.3 is 43.5 Å². The molecule has 0 aromatic heterocycles. The fourth-order valence-electron chi connectivity index (χ4n) is 12.1. The molecule has 1 amide bonds. The van der Waals surface area contributed by atoms with Gasteiger partial charge in [-0.1, -0.05) is 18.2 Å². The largest absolute Gasteiger partial charge is 0.455 e. The Morgan fingerprint density at radius 2 is 1.78 bits per heavy atom. The maximum Gasteiger partial charge on any atom is 0.338 e. The SMILES string of the molecule is COC[C@@]12CC[C@H](OC)[C@@]34[C@@H]1[C@@H](OC)[C@@H]([C@H]3N(C=O)C2)[C@]1(OC(C)=O)[C@@H]2[C@@H](OC(=O)c3ccccc3)[C@](O)(C[C@@H]24)[C@@H](OC)[C@@H]1O. The first-order chi connectivity index (χ1) is 21.6. The van der Waals surface area contributed by atoms with E-state index in [9.17, 15) is 24.6 Å². The van der Waals surface area contributed by atoms with E-state index >= 15 is 0 Å². The lowest BCUT2D eigenvalue weighted by molar-refractivity contribution is -0.315. The summed E-state index contributed by atoms with van der Waals surface area (Å²) in [6.07, 6.45) is -2.81. The molecule has 0 radical (unpaired) electrons. The molecule has 6 aliphatic rings. The third-order valence-corrected chi connectivity index (χ3v) is 12.7. The van der Waals surface area contributed by atoms with Crippen LogP contribution in [-0.4, -0.2) is 123 Å². The van der Waals surface area contributed by atoms with Crippen LogP contribution in [0.25, 0.3) is 0 Å². The predicted molar refractivity (Wildman–Crippen MR) is 155 cm³/mol. The zero-order chi connectivity index (χ0) is 32.1. The first kappa shape index (κ1) is 31.0. The zero-order valence-electron chi connectivity index (χ0n) is 26.3. The average molecular weight is 630 g/mol. The van der Waals surface area contributed by atoms with Gasteiger partial charge in [-0.05, 0) is 37.3 Å². The second kappa shape index (κ2) is 10.4. The molecule has 246 valence electrons. The summed E-state index contributed by atoms with van der Waals surface area (Å²) in [6, 6.07) is 7.88. The van der Waals surface area contributed by atoms with E-state index in [-0.39, 0.29) is 18.4 Å². The predicted octanol–water partition coefficient (Wildman–Crippen LogP) is 0.814. The number of aliphatic hydroxyl groups excluding tert-OH is 1. The van der Waals surface area contributed by atoms with Crippen molar-refractivity contribution in [3.63, 3.8) is 0 Å². The molecule has 7 rings (SSSR count). The van der Waals surface area contributed by atoms with Crippen LogP contribution >= 0.6 is 0 Å². The van der Waals surface area contributed by atoms with Crippen molar-refractivity contribution in [1.82, 2.24) is 4.90 Å². The molecule has 1 aromatic carbocycles. The molecule has 2 N–H and O–H groups in total. The first-order valence-electron chi connectivity index (χ1n) is 15.7. The first-order valence-corrected chi connectivity index (χ1v) is 15.7. The van der Waals surface area contributed by atoms with Gasteiger partial charge in [0.05, 0.1) is 24.4 Å². The quantitative estimate of drug-likeness (QED) is 0.295. The lowest BCUT2D eigenvalue weighted by Gasteiger charge is -2.69. The number of nitrogens with zero attached hydrogens (tertiary/aromatic N) is 1. The van der Waals surface area contributed by atoms with E-state index in [0.29, 0.717) is 31.6 Å². The van der Waals surface area contributed by atoms with Crippen molar-refractivity contribution in [2.75, 3.05) is 41.6 Å². The molecule has 1 saturated heterocycles. The summed E-state index contributed by atoms with van der Waals surface area (Å²) in [5, 5.41) is 25.1. The van der Waals surface area contributed by atoms with E-state index in [1.807, 2.05) is 0 Å². The van der Waals surface area contributed by atoms with Crippen LogP contribution in [0.15, 0.2) is 30.3 Å². The Hall–Kier alpha value is -2.61. The van der Waals surface area contributed by atoms with Gasteiger partial charge in [0, 0.05) is 76.5 Å². The minimum absolute atomic E-state index is 0.0504. The summed E-state index contributed by atoms with van der Waals surface area (Å²) in [6.45, 7) is 2.01. The maximum atomic E-state index is 13.7. The summed E-state index contributed by atoms with van der Waals surface area (Å²) in [5.74, 6) is -3.75. The third-order valence-electron chi connectivity index (χ3n) is 12.7. The van der Waals surface area contributed by atoms with Crippen molar-refractivity contribution in [2.45, 2.75) is 73.9 Å². The standard InChI is InChI=1S/C33H43NO11/c1-17(36)45-33-21-19(13-31(39,28(43-5)26(33)37)27(21)44-29(38)18-9-7-6-8-10-18)32-20(41-3)11-12-30(15-40-2)14-34(16-35)25(32)22(33)23(42-4)24(30)32/h6-10,16,19-28,37,39H,11-15H2,1-5H3/t19-,20-,21-,22-,23-,24+,25+,26-,27+,28-,30-,31+,32-,33+/m0/s1. The lowest BCUT2D eigenvalue weighted by atomic mass is 9.43. The molecule has 6 fully saturated rings. The van der Waals surface area contributed by atoms with Gasteiger partial charge in [0.1, 0.15) is 23.9 Å². The zero-order valence-corrected chi connectivity index (χ0v) is 26.3. The van der Waals surface area contributed by atoms with Crippen LogP contribution < -0.4 is 0 Å². The fraction of sp³-hybridized carbons (Fsp3) is 0.727. The molecule has 5 saturated carbocycles. The molecule has 1 aromatic rings. The third kappa shape index (κ3) is 3.56. The Balaban J connectivity index is 1.52. The molecule has 1 aliphatic heterocycles. The Bertz CT molecular complexity index is 1360. The number of benzene rings is 1. The summed E-state index contributed by atoms with van der Waals surface area (Å²) < 4.78 is 37.1. The molecule has 14 atom stereocenters. The van der Waals surface area contributed by atoms with Crippen LogP contribution in [0, 0.1) is 34.5 Å². The summed E-state index contributed by atoms with van der Waals surface area (Å²) in [4.78, 5) is 41.7. The Morgan fingerprint density at radius 3 is 2.38 bits per heavy atom. The van der Waals surface area contributed by atoms with Crippen molar-refractivity contribution in [3.8, 4) is 0 Å². The van der Waals surface area contributed by atoms with Crippen LogP contribution in [0.5, 0.6) is 0 Å². The van der Waals surface area contributed by atoms with Gasteiger partial charge >= 0.3 is 11.9 Å². The van der Waals surface area contributed by atoms with Crippen molar-refractivity contribution in [1.29, 1.82) is 0 Å². The van der Waals surface area contributed by atoms with E-state index in [0.717, 1.165) is 6.41 Å². The number of methoxy groups -OCH3 is 4. The molecule has 0 unspecified atom stereocenters. The number of esters is 2. The van der Waals surface area contributed by atoms with E-state index in [2.05, 4.69) is 0 Å². The number of carbonyl (C=O) groups excluding carboxylic acids is 3. The van der Waals surface area contributed by atoms with Gasteiger partial charge in [-0.25, -0.2) is 4.79 Å². The summed E-state index contributed by atoms with van der Waals surface area (Å²) in [5.41, 5.74) is -4.68. The summed E-state index contributed by atoms with van der Waals surface area (Å²) in [7, 11) is 6.26. The van der Waals surface area contributed by atoms with Crippen LogP contribution in [0.2, 0.25) is 0 Å². The minimum atomic E-state index is -1.85. The van der Waals surface area contributed by atoms with E-state index in [1.165, 1.54) is 14.0 Å². The highest BCUT2D eigenvalue weighted by molar-refractivity contribution is 5.89. The molecular formula is C33H43NO11. The number of piperidine rings is 1. The highest BCUT2D eigenvalue weighted by Gasteiger charge is 2.91. The van der Waals surface area contributed by atoms with Crippen LogP contribution in [0.4, 0.5) is 0 Å². The molecule has 12 heteroatoms. The number of hydrogen-bond donors (Lipinski definition) is 2. The van der Waals surface area contributed by atoms with Crippen LogP contribution in [-0.2, 0) is 38.0 Å². The number of likely N-dealkylation sites (tertiary alicyclic amines) is 1. The van der Waals surface area contributed by atoms with Gasteiger partial charge in [0.25, 0.3) is 0 Å². The number of fused-ring (bicyclic) bond motifs is 2. The molecule has 12 nitrogen and oxygen atoms in total. The second-order valence-corrected chi connectivity index (χ2v) is 14.1.